The van der Waals surface area contributed by atoms with Gasteiger partial charge in [0.15, 0.2) is 0 Å². The van der Waals surface area contributed by atoms with Crippen molar-refractivity contribution in [3.63, 3.8) is 0 Å². The van der Waals surface area contributed by atoms with E-state index >= 15 is 0 Å². The second kappa shape index (κ2) is 5.67. The Hall–Kier alpha value is -0.830. The molecule has 0 fully saturated rings. The summed E-state index contributed by atoms with van der Waals surface area (Å²) in [5.41, 5.74) is 1.00. The van der Waals surface area contributed by atoms with Gasteiger partial charge >= 0.3 is 0 Å². The predicted molar refractivity (Wildman–Crippen MR) is 71.0 cm³/mol. The molecule has 0 amide bonds. The number of hydrogen-bond donors (Lipinski definition) is 1. The monoisotopic (exact) mass is 238 g/mol. The Morgan fingerprint density at radius 3 is 2.53 bits per heavy atom. The highest BCUT2D eigenvalue weighted by molar-refractivity contribution is 5.04. The highest BCUT2D eigenvalue weighted by Gasteiger charge is 2.28. The Balaban J connectivity index is 2.78. The van der Waals surface area contributed by atoms with E-state index in [-0.39, 0.29) is 12.0 Å². The molecule has 0 saturated carbocycles. The van der Waals surface area contributed by atoms with E-state index in [2.05, 4.69) is 45.8 Å². The second-order valence-corrected chi connectivity index (χ2v) is 5.69. The van der Waals surface area contributed by atoms with Crippen molar-refractivity contribution in [3.8, 4) is 0 Å². The summed E-state index contributed by atoms with van der Waals surface area (Å²) in [6.45, 7) is 11.0. The largest absolute Gasteiger partial charge is 0.396 e. The fourth-order valence-electron chi connectivity index (χ4n) is 1.76. The molecule has 2 atom stereocenters. The van der Waals surface area contributed by atoms with Crippen LogP contribution in [0.25, 0.3) is 0 Å². The van der Waals surface area contributed by atoms with Gasteiger partial charge in [-0.05, 0) is 37.2 Å². The molecule has 1 rings (SSSR count). The third-order valence-corrected chi connectivity index (χ3v) is 4.05. The van der Waals surface area contributed by atoms with Crippen molar-refractivity contribution in [2.45, 2.75) is 53.5 Å². The molecule has 1 heterocycles. The zero-order valence-corrected chi connectivity index (χ0v) is 11.8. The van der Waals surface area contributed by atoms with Crippen molar-refractivity contribution >= 4 is 0 Å². The van der Waals surface area contributed by atoms with Gasteiger partial charge in [0, 0.05) is 18.8 Å². The van der Waals surface area contributed by atoms with Crippen molar-refractivity contribution in [1.82, 2.24) is 9.78 Å². The lowest BCUT2D eigenvalue weighted by atomic mass is 9.76. The van der Waals surface area contributed by atoms with Crippen molar-refractivity contribution in [2.24, 2.45) is 11.3 Å². The highest BCUT2D eigenvalue weighted by atomic mass is 16.3. The van der Waals surface area contributed by atoms with Gasteiger partial charge in [-0.15, -0.1) is 0 Å². The Labute approximate surface area is 105 Å². The van der Waals surface area contributed by atoms with Crippen LogP contribution in [-0.2, 0) is 6.42 Å². The number of rotatable bonds is 6. The minimum Gasteiger partial charge on any atom is -0.396 e. The molecule has 0 aliphatic rings. The van der Waals surface area contributed by atoms with E-state index in [4.69, 9.17) is 0 Å². The SMILES string of the molecule is CCC(C)n1ccc(CC(C)(CO)C(C)C)n1. The standard InChI is InChI=1S/C14H26N2O/c1-6-12(4)16-8-7-13(15-16)9-14(5,10-17)11(2)3/h7-8,11-12,17H,6,9-10H2,1-5H3. The molecule has 0 aromatic carbocycles. The molecule has 1 aromatic heterocycles. The maximum atomic E-state index is 9.54. The van der Waals surface area contributed by atoms with Crippen LogP contribution in [0.5, 0.6) is 0 Å². The lowest BCUT2D eigenvalue weighted by molar-refractivity contribution is 0.0935. The van der Waals surface area contributed by atoms with E-state index in [0.717, 1.165) is 18.5 Å². The van der Waals surface area contributed by atoms with Crippen LogP contribution in [0, 0.1) is 11.3 Å². The molecule has 0 saturated heterocycles. The van der Waals surface area contributed by atoms with E-state index < -0.39 is 0 Å². The van der Waals surface area contributed by atoms with Crippen LogP contribution in [0.3, 0.4) is 0 Å². The summed E-state index contributed by atoms with van der Waals surface area (Å²) in [4.78, 5) is 0. The molecule has 1 aromatic rings. The summed E-state index contributed by atoms with van der Waals surface area (Å²) in [7, 11) is 0. The molecule has 0 bridgehead atoms. The zero-order valence-electron chi connectivity index (χ0n) is 11.8. The van der Waals surface area contributed by atoms with Gasteiger partial charge in [-0.1, -0.05) is 27.7 Å². The Morgan fingerprint density at radius 2 is 2.06 bits per heavy atom. The van der Waals surface area contributed by atoms with Gasteiger partial charge in [0.1, 0.15) is 0 Å². The van der Waals surface area contributed by atoms with E-state index in [1.807, 2.05) is 10.9 Å². The average Bonchev–Trinajstić information content (AvgIpc) is 2.75. The quantitative estimate of drug-likeness (QED) is 0.827. The topological polar surface area (TPSA) is 38.0 Å². The molecule has 2 unspecified atom stereocenters. The van der Waals surface area contributed by atoms with E-state index in [1.54, 1.807) is 0 Å². The fraction of sp³-hybridized carbons (Fsp3) is 0.786. The number of nitrogens with zero attached hydrogens (tertiary/aromatic N) is 2. The fourth-order valence-corrected chi connectivity index (χ4v) is 1.76. The normalized spacial score (nSPS) is 17.1. The Kier molecular flexibility index (Phi) is 4.75. The lowest BCUT2D eigenvalue weighted by Crippen LogP contribution is -2.30. The summed E-state index contributed by atoms with van der Waals surface area (Å²) in [5, 5.41) is 14.1. The van der Waals surface area contributed by atoms with Gasteiger partial charge < -0.3 is 5.11 Å². The summed E-state index contributed by atoms with van der Waals surface area (Å²) in [6.07, 6.45) is 3.97. The smallest absolute Gasteiger partial charge is 0.0631 e. The molecule has 17 heavy (non-hydrogen) atoms. The van der Waals surface area contributed by atoms with E-state index in [0.29, 0.717) is 12.0 Å². The molecule has 0 aliphatic heterocycles. The predicted octanol–water partition coefficient (Wildman–Crippen LogP) is 3.05. The van der Waals surface area contributed by atoms with Crippen LogP contribution in [0.2, 0.25) is 0 Å². The number of hydrogen-bond acceptors (Lipinski definition) is 2. The van der Waals surface area contributed by atoms with Crippen molar-refractivity contribution in [3.05, 3.63) is 18.0 Å². The first kappa shape index (κ1) is 14.2. The molecule has 0 aliphatic carbocycles. The van der Waals surface area contributed by atoms with Crippen molar-refractivity contribution in [2.75, 3.05) is 6.61 Å². The maximum absolute atomic E-state index is 9.54. The van der Waals surface area contributed by atoms with Gasteiger partial charge in [-0.25, -0.2) is 0 Å². The van der Waals surface area contributed by atoms with Gasteiger partial charge in [-0.2, -0.15) is 5.10 Å². The van der Waals surface area contributed by atoms with Crippen LogP contribution in [0.15, 0.2) is 12.3 Å². The van der Waals surface area contributed by atoms with Crippen LogP contribution in [0.1, 0.15) is 52.8 Å². The molecular formula is C14H26N2O. The maximum Gasteiger partial charge on any atom is 0.0631 e. The van der Waals surface area contributed by atoms with Crippen LogP contribution < -0.4 is 0 Å². The van der Waals surface area contributed by atoms with E-state index in [1.165, 1.54) is 0 Å². The number of aromatic nitrogens is 2. The summed E-state index contributed by atoms with van der Waals surface area (Å²) < 4.78 is 2.02. The van der Waals surface area contributed by atoms with Crippen molar-refractivity contribution < 1.29 is 5.11 Å². The lowest BCUT2D eigenvalue weighted by Gasteiger charge is -2.30. The minimum atomic E-state index is -0.0748. The molecule has 0 spiro atoms. The van der Waals surface area contributed by atoms with Gasteiger partial charge in [0.2, 0.25) is 0 Å². The van der Waals surface area contributed by atoms with Crippen LogP contribution in [-0.4, -0.2) is 21.5 Å². The minimum absolute atomic E-state index is 0.0748. The first-order valence-corrected chi connectivity index (χ1v) is 6.57. The number of aliphatic hydroxyl groups excluding tert-OH is 1. The molecule has 3 heteroatoms. The Morgan fingerprint density at radius 1 is 1.41 bits per heavy atom. The molecule has 1 N–H and O–H groups in total. The van der Waals surface area contributed by atoms with Crippen molar-refractivity contribution in [1.29, 1.82) is 0 Å². The number of aliphatic hydroxyl groups is 1. The zero-order chi connectivity index (χ0) is 13.1. The van der Waals surface area contributed by atoms with Crippen LogP contribution >= 0.6 is 0 Å². The molecule has 0 radical (unpaired) electrons. The first-order chi connectivity index (χ1) is 7.92. The highest BCUT2D eigenvalue weighted by Crippen LogP contribution is 2.30. The van der Waals surface area contributed by atoms with Gasteiger partial charge in [-0.3, -0.25) is 4.68 Å². The third-order valence-electron chi connectivity index (χ3n) is 4.05. The average molecular weight is 238 g/mol. The Bertz CT molecular complexity index is 346. The molecule has 3 nitrogen and oxygen atoms in total. The first-order valence-electron chi connectivity index (χ1n) is 6.57. The second-order valence-electron chi connectivity index (χ2n) is 5.69. The van der Waals surface area contributed by atoms with Crippen LogP contribution in [0.4, 0.5) is 0 Å². The van der Waals surface area contributed by atoms with Gasteiger partial charge in [0.05, 0.1) is 5.69 Å². The molecule has 98 valence electrons. The summed E-state index contributed by atoms with van der Waals surface area (Å²) in [6, 6.07) is 2.52. The van der Waals surface area contributed by atoms with E-state index in [9.17, 15) is 5.11 Å². The summed E-state index contributed by atoms with van der Waals surface area (Å²) in [5.74, 6) is 0.446. The molecular weight excluding hydrogens is 212 g/mol. The van der Waals surface area contributed by atoms with Gasteiger partial charge in [0.25, 0.3) is 0 Å². The third kappa shape index (κ3) is 3.32. The summed E-state index contributed by atoms with van der Waals surface area (Å²) >= 11 is 0.